The average Bonchev–Trinajstić information content (AvgIpc) is 3.49. The molecule has 7 nitrogen and oxygen atoms in total. The Kier molecular flexibility index (Phi) is 7.59. The fraction of sp³-hybridized carbons (Fsp3) is 0.0714. The number of amides is 1. The lowest BCUT2D eigenvalue weighted by Crippen LogP contribution is -2.30. The molecule has 1 aliphatic rings. The highest BCUT2D eigenvalue weighted by atomic mass is 35.5. The molecular weight excluding hydrogens is 542 g/mol. The first-order valence-corrected chi connectivity index (χ1v) is 13.6. The van der Waals surface area contributed by atoms with Crippen LogP contribution in [0.1, 0.15) is 22.7 Å². The highest BCUT2D eigenvalue weighted by Gasteiger charge is 2.45. The third-order valence-corrected chi connectivity index (χ3v) is 8.14. The number of halogens is 1. The van der Waals surface area contributed by atoms with Crippen molar-refractivity contribution >= 4 is 57.6 Å². The number of carbonyl (C=O) groups excluding carboxylic acids is 2. The van der Waals surface area contributed by atoms with E-state index in [1.54, 1.807) is 18.2 Å². The Morgan fingerprint density at radius 3 is 2.53 bits per heavy atom. The number of aliphatic hydroxyl groups is 1. The molecule has 1 amide bonds. The molecule has 0 saturated heterocycles. The Hall–Kier alpha value is -3.92. The van der Waals surface area contributed by atoms with Gasteiger partial charge in [-0.15, -0.1) is 10.2 Å². The van der Waals surface area contributed by atoms with Crippen LogP contribution in [0.5, 0.6) is 5.75 Å². The molecule has 2 N–H and O–H groups in total. The minimum atomic E-state index is -0.996. The summed E-state index contributed by atoms with van der Waals surface area (Å²) < 4.78 is 0.612. The van der Waals surface area contributed by atoms with E-state index in [0.717, 1.165) is 11.1 Å². The van der Waals surface area contributed by atoms with Crippen molar-refractivity contribution < 1.29 is 19.8 Å². The van der Waals surface area contributed by atoms with Crippen LogP contribution in [0, 0.1) is 0 Å². The summed E-state index contributed by atoms with van der Waals surface area (Å²) in [5.41, 5.74) is 2.19. The largest absolute Gasteiger partial charge is 0.508 e. The van der Waals surface area contributed by atoms with Crippen molar-refractivity contribution in [2.75, 3.05) is 4.90 Å². The lowest BCUT2D eigenvalue weighted by Gasteiger charge is -2.23. The molecule has 38 heavy (non-hydrogen) atoms. The first-order chi connectivity index (χ1) is 18.4. The summed E-state index contributed by atoms with van der Waals surface area (Å²) >= 11 is 8.57. The van der Waals surface area contributed by atoms with Gasteiger partial charge in [-0.1, -0.05) is 95.4 Å². The van der Waals surface area contributed by atoms with Crippen molar-refractivity contribution in [3.63, 3.8) is 0 Å². The molecule has 1 aliphatic heterocycles. The number of nitrogens with zero attached hydrogens (tertiary/aromatic N) is 3. The molecule has 5 rings (SSSR count). The molecule has 0 aliphatic carbocycles. The van der Waals surface area contributed by atoms with E-state index < -0.39 is 23.5 Å². The molecule has 10 heteroatoms. The number of phenols is 1. The Labute approximate surface area is 231 Å². The van der Waals surface area contributed by atoms with Crippen molar-refractivity contribution in [1.82, 2.24) is 10.2 Å². The molecule has 0 spiro atoms. The molecule has 0 saturated carbocycles. The number of aromatic nitrogens is 2. The van der Waals surface area contributed by atoms with Gasteiger partial charge in [-0.3, -0.25) is 14.5 Å². The standard InChI is InChI=1S/C28H20ClN3O4S2/c29-20-12-9-18(10-13-20)16-37-28-31-30-27(38-28)32-24(19-7-4-8-21(33)15-19)23(25(35)26(32)36)22(34)14-11-17-5-2-1-3-6-17/h1-15,24,33,35H,16H2/b14-11+. The maximum Gasteiger partial charge on any atom is 0.296 e. The summed E-state index contributed by atoms with van der Waals surface area (Å²) in [6.45, 7) is 0. The van der Waals surface area contributed by atoms with Crippen LogP contribution in [0.4, 0.5) is 5.13 Å². The lowest BCUT2D eigenvalue weighted by atomic mass is 9.95. The summed E-state index contributed by atoms with van der Waals surface area (Å²) in [6, 6.07) is 21.9. The smallest absolute Gasteiger partial charge is 0.296 e. The molecule has 3 aromatic carbocycles. The number of phenolic OH excluding ortho intramolecular Hbond substituents is 1. The number of hydrogen-bond donors (Lipinski definition) is 2. The van der Waals surface area contributed by atoms with Gasteiger partial charge in [-0.25, -0.2) is 0 Å². The van der Waals surface area contributed by atoms with Crippen LogP contribution >= 0.6 is 34.7 Å². The van der Waals surface area contributed by atoms with Crippen LogP contribution < -0.4 is 4.90 Å². The van der Waals surface area contributed by atoms with Gasteiger partial charge in [0.25, 0.3) is 5.91 Å². The molecular formula is C28H20ClN3O4S2. The van der Waals surface area contributed by atoms with E-state index in [4.69, 9.17) is 11.6 Å². The summed E-state index contributed by atoms with van der Waals surface area (Å²) in [6.07, 6.45) is 2.94. The van der Waals surface area contributed by atoms with Crippen LogP contribution in [0.15, 0.2) is 101 Å². The Morgan fingerprint density at radius 2 is 1.79 bits per heavy atom. The second-order valence-corrected chi connectivity index (χ2v) is 10.9. The highest BCUT2D eigenvalue weighted by Crippen LogP contribution is 2.43. The van der Waals surface area contributed by atoms with E-state index in [0.29, 0.717) is 20.7 Å². The molecule has 4 aromatic rings. The molecule has 1 atom stereocenters. The van der Waals surface area contributed by atoms with E-state index in [1.807, 2.05) is 54.6 Å². The Balaban J connectivity index is 1.45. The maximum absolute atomic E-state index is 13.3. The second kappa shape index (κ2) is 11.2. The monoisotopic (exact) mass is 561 g/mol. The third kappa shape index (κ3) is 5.50. The van der Waals surface area contributed by atoms with Gasteiger partial charge in [0.05, 0.1) is 11.6 Å². The third-order valence-electron chi connectivity index (χ3n) is 5.76. The summed E-state index contributed by atoms with van der Waals surface area (Å²) in [5.74, 6) is -1.37. The minimum absolute atomic E-state index is 0.0376. The fourth-order valence-electron chi connectivity index (χ4n) is 3.97. The topological polar surface area (TPSA) is 104 Å². The Morgan fingerprint density at radius 1 is 1.03 bits per heavy atom. The average molecular weight is 562 g/mol. The Bertz CT molecular complexity index is 1550. The second-order valence-electron chi connectivity index (χ2n) is 8.31. The van der Waals surface area contributed by atoms with E-state index in [2.05, 4.69) is 10.2 Å². The number of aromatic hydroxyl groups is 1. The molecule has 0 fully saturated rings. The number of benzene rings is 3. The number of anilines is 1. The number of aliphatic hydroxyl groups excluding tert-OH is 1. The lowest BCUT2D eigenvalue weighted by molar-refractivity contribution is -0.117. The zero-order chi connectivity index (χ0) is 26.6. The normalized spacial score (nSPS) is 15.6. The number of ketones is 1. The van der Waals surface area contributed by atoms with Gasteiger partial charge in [0.2, 0.25) is 5.13 Å². The van der Waals surface area contributed by atoms with Crippen LogP contribution in [-0.2, 0) is 15.3 Å². The highest BCUT2D eigenvalue weighted by molar-refractivity contribution is 8.00. The van der Waals surface area contributed by atoms with Crippen molar-refractivity contribution in [3.8, 4) is 5.75 Å². The molecule has 1 aromatic heterocycles. The summed E-state index contributed by atoms with van der Waals surface area (Å²) in [4.78, 5) is 27.8. The predicted octanol–water partition coefficient (Wildman–Crippen LogP) is 6.37. The predicted molar refractivity (Wildman–Crippen MR) is 149 cm³/mol. The first-order valence-electron chi connectivity index (χ1n) is 11.4. The number of rotatable bonds is 8. The van der Waals surface area contributed by atoms with Crippen molar-refractivity contribution in [2.45, 2.75) is 16.1 Å². The van der Waals surface area contributed by atoms with Crippen LogP contribution in [0.25, 0.3) is 6.08 Å². The SMILES string of the molecule is O=C(/C=C/c1ccccc1)C1=C(O)C(=O)N(c2nnc(SCc3ccc(Cl)cc3)s2)C1c1cccc(O)c1. The van der Waals surface area contributed by atoms with E-state index in [9.17, 15) is 19.8 Å². The van der Waals surface area contributed by atoms with E-state index in [-0.39, 0.29) is 16.5 Å². The molecule has 0 radical (unpaired) electrons. The van der Waals surface area contributed by atoms with Crippen molar-refractivity contribution in [3.05, 3.63) is 118 Å². The van der Waals surface area contributed by atoms with Gasteiger partial charge < -0.3 is 10.2 Å². The molecule has 0 bridgehead atoms. The van der Waals surface area contributed by atoms with Gasteiger partial charge in [0.1, 0.15) is 5.75 Å². The van der Waals surface area contributed by atoms with Crippen molar-refractivity contribution in [2.24, 2.45) is 0 Å². The summed E-state index contributed by atoms with van der Waals surface area (Å²) in [7, 11) is 0. The van der Waals surface area contributed by atoms with Gasteiger partial charge in [-0.05, 0) is 47.0 Å². The fourth-order valence-corrected chi connectivity index (χ4v) is 5.92. The number of carbonyl (C=O) groups is 2. The van der Waals surface area contributed by atoms with Crippen LogP contribution in [0.2, 0.25) is 5.02 Å². The van der Waals surface area contributed by atoms with E-state index in [1.165, 1.54) is 46.2 Å². The van der Waals surface area contributed by atoms with Gasteiger partial charge >= 0.3 is 0 Å². The minimum Gasteiger partial charge on any atom is -0.508 e. The van der Waals surface area contributed by atoms with Crippen LogP contribution in [0.3, 0.4) is 0 Å². The quantitative estimate of drug-likeness (QED) is 0.146. The van der Waals surface area contributed by atoms with Gasteiger partial charge in [0.15, 0.2) is 15.9 Å². The maximum atomic E-state index is 13.3. The van der Waals surface area contributed by atoms with Crippen LogP contribution in [-0.4, -0.2) is 32.1 Å². The number of allylic oxidation sites excluding steroid dienone is 1. The summed E-state index contributed by atoms with van der Waals surface area (Å²) in [5, 5.41) is 30.3. The number of thioether (sulfide) groups is 1. The number of hydrogen-bond acceptors (Lipinski definition) is 8. The molecule has 190 valence electrons. The zero-order valence-electron chi connectivity index (χ0n) is 19.7. The van der Waals surface area contributed by atoms with Gasteiger partial charge in [-0.2, -0.15) is 0 Å². The first kappa shape index (κ1) is 25.7. The molecule has 2 heterocycles. The zero-order valence-corrected chi connectivity index (χ0v) is 22.1. The van der Waals surface area contributed by atoms with E-state index >= 15 is 0 Å². The van der Waals surface area contributed by atoms with Gasteiger partial charge in [0, 0.05) is 10.8 Å². The molecule has 1 unspecified atom stereocenters. The van der Waals surface area contributed by atoms with Crippen molar-refractivity contribution in [1.29, 1.82) is 0 Å².